The Labute approximate surface area is 91.1 Å². The molecule has 0 amide bonds. The molecule has 1 fully saturated rings. The van der Waals surface area contributed by atoms with Gasteiger partial charge in [0, 0.05) is 11.3 Å². The normalized spacial score (nSPS) is 15.3. The molecule has 2 N–H and O–H groups in total. The highest BCUT2D eigenvalue weighted by Crippen LogP contribution is 2.36. The summed E-state index contributed by atoms with van der Waals surface area (Å²) < 4.78 is 14.9. The van der Waals surface area contributed by atoms with Crippen molar-refractivity contribution >= 4 is 5.69 Å². The number of hydrogen-bond donors (Lipinski definition) is 1. The molecule has 6 heteroatoms. The van der Waals surface area contributed by atoms with Gasteiger partial charge in [-0.3, -0.25) is 0 Å². The lowest BCUT2D eigenvalue weighted by atomic mass is 10.2. The number of benzene rings is 1. The Morgan fingerprint density at radius 1 is 1.31 bits per heavy atom. The van der Waals surface area contributed by atoms with Crippen LogP contribution in [0.4, 0.5) is 10.1 Å². The van der Waals surface area contributed by atoms with Gasteiger partial charge in [0.05, 0.1) is 6.04 Å². The predicted molar refractivity (Wildman–Crippen MR) is 55.9 cm³/mol. The summed E-state index contributed by atoms with van der Waals surface area (Å²) in [6.07, 6.45) is 2.14. The molecular formula is C10H10FN5. The third kappa shape index (κ3) is 1.52. The lowest BCUT2D eigenvalue weighted by molar-refractivity contribution is 0.612. The van der Waals surface area contributed by atoms with Crippen molar-refractivity contribution in [3.63, 3.8) is 0 Å². The first kappa shape index (κ1) is 9.26. The van der Waals surface area contributed by atoms with Crippen molar-refractivity contribution in [1.82, 2.24) is 20.2 Å². The summed E-state index contributed by atoms with van der Waals surface area (Å²) in [6, 6.07) is 4.69. The molecule has 1 aromatic heterocycles. The third-order valence-corrected chi connectivity index (χ3v) is 2.56. The molecule has 0 spiro atoms. The highest BCUT2D eigenvalue weighted by Gasteiger charge is 2.28. The zero-order valence-electron chi connectivity index (χ0n) is 8.47. The molecule has 16 heavy (non-hydrogen) atoms. The summed E-state index contributed by atoms with van der Waals surface area (Å²) in [5.41, 5.74) is 6.58. The number of nitrogen functional groups attached to an aromatic ring is 1. The fourth-order valence-electron chi connectivity index (χ4n) is 1.69. The van der Waals surface area contributed by atoms with Crippen LogP contribution in [0.25, 0.3) is 11.4 Å². The third-order valence-electron chi connectivity index (χ3n) is 2.56. The standard InChI is InChI=1S/C10H10FN5/c11-7-3-6(4-8(12)5-7)10-13-14-15-16(10)9-1-2-9/h3-5,9H,1-2,12H2. The van der Waals surface area contributed by atoms with Gasteiger partial charge in [-0.1, -0.05) is 0 Å². The van der Waals surface area contributed by atoms with Gasteiger partial charge < -0.3 is 5.73 Å². The van der Waals surface area contributed by atoms with E-state index < -0.39 is 0 Å². The summed E-state index contributed by atoms with van der Waals surface area (Å²) in [7, 11) is 0. The molecule has 1 saturated carbocycles. The summed E-state index contributed by atoms with van der Waals surface area (Å²) in [5, 5.41) is 11.4. The Bertz CT molecular complexity index is 512. The maximum atomic E-state index is 13.2. The predicted octanol–water partition coefficient (Wildman–Crippen LogP) is 1.40. The van der Waals surface area contributed by atoms with E-state index in [0.29, 0.717) is 23.1 Å². The smallest absolute Gasteiger partial charge is 0.182 e. The maximum Gasteiger partial charge on any atom is 0.182 e. The number of tetrazole rings is 1. The summed E-state index contributed by atoms with van der Waals surface area (Å²) in [6.45, 7) is 0. The van der Waals surface area contributed by atoms with E-state index in [4.69, 9.17) is 5.73 Å². The number of rotatable bonds is 2. The number of aromatic nitrogens is 4. The second-order valence-corrected chi connectivity index (χ2v) is 3.95. The molecule has 2 aromatic rings. The maximum absolute atomic E-state index is 13.2. The monoisotopic (exact) mass is 219 g/mol. The van der Waals surface area contributed by atoms with Crippen LogP contribution in [0.3, 0.4) is 0 Å². The van der Waals surface area contributed by atoms with Crippen LogP contribution in [0.5, 0.6) is 0 Å². The van der Waals surface area contributed by atoms with Crippen molar-refractivity contribution in [3.05, 3.63) is 24.0 Å². The molecule has 0 bridgehead atoms. The molecule has 3 rings (SSSR count). The van der Waals surface area contributed by atoms with E-state index in [1.165, 1.54) is 12.1 Å². The largest absolute Gasteiger partial charge is 0.399 e. The molecule has 5 nitrogen and oxygen atoms in total. The second kappa shape index (κ2) is 3.26. The van der Waals surface area contributed by atoms with Gasteiger partial charge in [0.1, 0.15) is 5.82 Å². The van der Waals surface area contributed by atoms with E-state index in [1.54, 1.807) is 10.7 Å². The molecule has 0 radical (unpaired) electrons. The molecular weight excluding hydrogens is 209 g/mol. The number of nitrogens with zero attached hydrogens (tertiary/aromatic N) is 4. The van der Waals surface area contributed by atoms with E-state index in [9.17, 15) is 4.39 Å². The number of anilines is 1. The lowest BCUT2D eigenvalue weighted by Gasteiger charge is -2.03. The first-order chi connectivity index (χ1) is 7.74. The minimum Gasteiger partial charge on any atom is -0.399 e. The quantitative estimate of drug-likeness (QED) is 0.775. The number of halogens is 1. The van der Waals surface area contributed by atoms with Gasteiger partial charge >= 0.3 is 0 Å². The van der Waals surface area contributed by atoms with Gasteiger partial charge in [-0.05, 0) is 41.5 Å². The summed E-state index contributed by atoms with van der Waals surface area (Å²) >= 11 is 0. The molecule has 0 saturated heterocycles. The molecule has 0 atom stereocenters. The van der Waals surface area contributed by atoms with Gasteiger partial charge in [-0.2, -0.15) is 0 Å². The van der Waals surface area contributed by atoms with Gasteiger partial charge in [-0.25, -0.2) is 9.07 Å². The van der Waals surface area contributed by atoms with Crippen LogP contribution in [0.2, 0.25) is 0 Å². The Hall–Kier alpha value is -1.98. The zero-order valence-corrected chi connectivity index (χ0v) is 8.47. The Balaban J connectivity index is 2.10. The van der Waals surface area contributed by atoms with E-state index in [0.717, 1.165) is 12.8 Å². The minimum atomic E-state index is -0.375. The van der Waals surface area contributed by atoms with E-state index in [1.807, 2.05) is 0 Å². The van der Waals surface area contributed by atoms with Crippen molar-refractivity contribution in [3.8, 4) is 11.4 Å². The number of hydrogen-bond acceptors (Lipinski definition) is 4. The highest BCUT2D eigenvalue weighted by atomic mass is 19.1. The van der Waals surface area contributed by atoms with Crippen LogP contribution in [0.1, 0.15) is 18.9 Å². The van der Waals surface area contributed by atoms with Crippen LogP contribution in [0.15, 0.2) is 18.2 Å². The van der Waals surface area contributed by atoms with E-state index in [2.05, 4.69) is 15.5 Å². The Morgan fingerprint density at radius 3 is 2.81 bits per heavy atom. The van der Waals surface area contributed by atoms with Gasteiger partial charge in [0.2, 0.25) is 0 Å². The lowest BCUT2D eigenvalue weighted by Crippen LogP contribution is -2.00. The Morgan fingerprint density at radius 2 is 2.12 bits per heavy atom. The van der Waals surface area contributed by atoms with Gasteiger partial charge in [-0.15, -0.1) is 5.10 Å². The fourth-order valence-corrected chi connectivity index (χ4v) is 1.69. The van der Waals surface area contributed by atoms with Crippen LogP contribution < -0.4 is 5.73 Å². The number of nitrogens with two attached hydrogens (primary N) is 1. The average Bonchev–Trinajstić information content (AvgIpc) is 2.94. The van der Waals surface area contributed by atoms with Crippen molar-refractivity contribution < 1.29 is 4.39 Å². The van der Waals surface area contributed by atoms with Crippen molar-refractivity contribution in [1.29, 1.82) is 0 Å². The zero-order chi connectivity index (χ0) is 11.1. The van der Waals surface area contributed by atoms with Crippen LogP contribution in [-0.2, 0) is 0 Å². The summed E-state index contributed by atoms with van der Waals surface area (Å²) in [4.78, 5) is 0. The molecule has 1 aliphatic carbocycles. The molecule has 0 unspecified atom stereocenters. The molecule has 0 aliphatic heterocycles. The van der Waals surface area contributed by atoms with Gasteiger partial charge in [0.25, 0.3) is 0 Å². The first-order valence-electron chi connectivity index (χ1n) is 5.08. The van der Waals surface area contributed by atoms with Crippen LogP contribution >= 0.6 is 0 Å². The molecule has 1 heterocycles. The minimum absolute atomic E-state index is 0.356. The van der Waals surface area contributed by atoms with Crippen molar-refractivity contribution in [2.75, 3.05) is 5.73 Å². The van der Waals surface area contributed by atoms with E-state index >= 15 is 0 Å². The fraction of sp³-hybridized carbons (Fsp3) is 0.300. The summed E-state index contributed by atoms with van der Waals surface area (Å²) in [5.74, 6) is 0.203. The van der Waals surface area contributed by atoms with Crippen LogP contribution in [0, 0.1) is 5.82 Å². The SMILES string of the molecule is Nc1cc(F)cc(-c2nnnn2C2CC2)c1. The second-order valence-electron chi connectivity index (χ2n) is 3.95. The van der Waals surface area contributed by atoms with Crippen molar-refractivity contribution in [2.45, 2.75) is 18.9 Å². The van der Waals surface area contributed by atoms with Crippen LogP contribution in [-0.4, -0.2) is 20.2 Å². The topological polar surface area (TPSA) is 69.6 Å². The molecule has 1 aromatic carbocycles. The average molecular weight is 219 g/mol. The first-order valence-corrected chi connectivity index (χ1v) is 5.08. The van der Waals surface area contributed by atoms with Gasteiger partial charge in [0.15, 0.2) is 5.82 Å². The van der Waals surface area contributed by atoms with E-state index in [-0.39, 0.29) is 5.82 Å². The van der Waals surface area contributed by atoms with Crippen molar-refractivity contribution in [2.24, 2.45) is 0 Å². The highest BCUT2D eigenvalue weighted by molar-refractivity contribution is 5.61. The molecule has 1 aliphatic rings. The Kier molecular flexibility index (Phi) is 1.89. The molecule has 82 valence electrons.